The number of nitrogens with one attached hydrogen (secondary N) is 2. The first-order valence-corrected chi connectivity index (χ1v) is 9.29. The van der Waals surface area contributed by atoms with Crippen molar-refractivity contribution in [1.29, 1.82) is 0 Å². The fourth-order valence-electron chi connectivity index (χ4n) is 3.04. The van der Waals surface area contributed by atoms with Crippen LogP contribution in [-0.2, 0) is 0 Å². The molecule has 0 aliphatic rings. The van der Waals surface area contributed by atoms with E-state index in [1.807, 2.05) is 54.6 Å². The van der Waals surface area contributed by atoms with Crippen molar-refractivity contribution in [2.24, 2.45) is 0 Å². The highest BCUT2D eigenvalue weighted by Crippen LogP contribution is 2.31. The molecule has 2 N–H and O–H groups in total. The summed E-state index contributed by atoms with van der Waals surface area (Å²) in [5, 5.41) is 7.30. The molecule has 150 valence electrons. The molecule has 4 rings (SSSR count). The molecule has 0 radical (unpaired) electrons. The van der Waals surface area contributed by atoms with Crippen molar-refractivity contribution in [3.05, 3.63) is 90.7 Å². The van der Waals surface area contributed by atoms with Gasteiger partial charge in [0, 0.05) is 17.1 Å². The molecule has 0 spiro atoms. The Kier molecular flexibility index (Phi) is 5.48. The number of hydrogen-bond acceptors (Lipinski definition) is 3. The van der Waals surface area contributed by atoms with E-state index in [4.69, 9.17) is 9.47 Å². The Bertz CT molecular complexity index is 1190. The first-order chi connectivity index (χ1) is 14.6. The average Bonchev–Trinajstić information content (AvgIpc) is 2.76. The SMILES string of the molecule is COc1cccc(Oc2ccc3cccc(NC(=O)Nc4ccc(F)cc4)c3c2)c1. The van der Waals surface area contributed by atoms with E-state index >= 15 is 0 Å². The number of fused-ring (bicyclic) bond motifs is 1. The maximum absolute atomic E-state index is 13.0. The Morgan fingerprint density at radius 2 is 1.53 bits per heavy atom. The van der Waals surface area contributed by atoms with Crippen LogP contribution in [0.5, 0.6) is 17.2 Å². The summed E-state index contributed by atoms with van der Waals surface area (Å²) in [6, 6.07) is 23.7. The van der Waals surface area contributed by atoms with Gasteiger partial charge >= 0.3 is 6.03 Å². The molecule has 0 fully saturated rings. The minimum absolute atomic E-state index is 0.362. The number of urea groups is 1. The highest BCUT2D eigenvalue weighted by atomic mass is 19.1. The van der Waals surface area contributed by atoms with Gasteiger partial charge in [-0.15, -0.1) is 0 Å². The van der Waals surface area contributed by atoms with Crippen molar-refractivity contribution in [3.8, 4) is 17.2 Å². The lowest BCUT2D eigenvalue weighted by Crippen LogP contribution is -2.19. The van der Waals surface area contributed by atoms with Crippen molar-refractivity contribution in [2.45, 2.75) is 0 Å². The highest BCUT2D eigenvalue weighted by Gasteiger charge is 2.08. The number of hydrogen-bond donors (Lipinski definition) is 2. The van der Waals surface area contributed by atoms with Crippen LogP contribution in [0.2, 0.25) is 0 Å². The van der Waals surface area contributed by atoms with Gasteiger partial charge in [-0.2, -0.15) is 0 Å². The molecule has 0 atom stereocenters. The molecular formula is C24H19FN2O3. The van der Waals surface area contributed by atoms with Gasteiger partial charge in [-0.1, -0.05) is 24.3 Å². The van der Waals surface area contributed by atoms with E-state index in [0.717, 1.165) is 10.8 Å². The van der Waals surface area contributed by atoms with Gasteiger partial charge in [0.05, 0.1) is 12.8 Å². The number of ether oxygens (including phenoxy) is 2. The molecule has 0 aliphatic carbocycles. The second-order valence-electron chi connectivity index (χ2n) is 6.56. The van der Waals surface area contributed by atoms with E-state index in [1.54, 1.807) is 13.2 Å². The predicted molar refractivity (Wildman–Crippen MR) is 116 cm³/mol. The van der Waals surface area contributed by atoms with Gasteiger partial charge in [-0.3, -0.25) is 0 Å². The van der Waals surface area contributed by atoms with Crippen LogP contribution < -0.4 is 20.1 Å². The fourth-order valence-corrected chi connectivity index (χ4v) is 3.04. The van der Waals surface area contributed by atoms with Crippen LogP contribution in [0.25, 0.3) is 10.8 Å². The first kappa shape index (κ1) is 19.3. The van der Waals surface area contributed by atoms with Crippen LogP contribution in [-0.4, -0.2) is 13.1 Å². The number of carbonyl (C=O) groups excluding carboxylic acids is 1. The minimum Gasteiger partial charge on any atom is -0.497 e. The number of benzene rings is 4. The van der Waals surface area contributed by atoms with E-state index in [9.17, 15) is 9.18 Å². The normalized spacial score (nSPS) is 10.5. The molecule has 0 aliphatic heterocycles. The lowest BCUT2D eigenvalue weighted by molar-refractivity contribution is 0.262. The Balaban J connectivity index is 1.56. The number of amides is 2. The topological polar surface area (TPSA) is 59.6 Å². The minimum atomic E-state index is -0.423. The molecule has 0 bridgehead atoms. The Morgan fingerprint density at radius 3 is 2.33 bits per heavy atom. The number of anilines is 2. The van der Waals surface area contributed by atoms with E-state index in [0.29, 0.717) is 28.6 Å². The van der Waals surface area contributed by atoms with Gasteiger partial charge in [0.2, 0.25) is 0 Å². The van der Waals surface area contributed by atoms with Gasteiger partial charge in [-0.25, -0.2) is 9.18 Å². The summed E-state index contributed by atoms with van der Waals surface area (Å²) in [6.07, 6.45) is 0. The summed E-state index contributed by atoms with van der Waals surface area (Å²) in [7, 11) is 1.60. The molecule has 0 heterocycles. The Morgan fingerprint density at radius 1 is 0.800 bits per heavy atom. The van der Waals surface area contributed by atoms with Crippen molar-refractivity contribution in [1.82, 2.24) is 0 Å². The van der Waals surface area contributed by atoms with E-state index in [1.165, 1.54) is 24.3 Å². The number of carbonyl (C=O) groups is 1. The molecule has 0 unspecified atom stereocenters. The van der Waals surface area contributed by atoms with Gasteiger partial charge in [0.15, 0.2) is 0 Å². The van der Waals surface area contributed by atoms with Crippen LogP contribution in [0.3, 0.4) is 0 Å². The summed E-state index contributed by atoms with van der Waals surface area (Å²) in [5.41, 5.74) is 1.12. The van der Waals surface area contributed by atoms with Crippen molar-refractivity contribution in [2.75, 3.05) is 17.7 Å². The van der Waals surface area contributed by atoms with Crippen molar-refractivity contribution >= 4 is 28.2 Å². The third-order valence-electron chi connectivity index (χ3n) is 4.48. The zero-order chi connectivity index (χ0) is 20.9. The summed E-state index contributed by atoms with van der Waals surface area (Å²) in [4.78, 5) is 12.4. The van der Waals surface area contributed by atoms with E-state index < -0.39 is 6.03 Å². The summed E-state index contributed by atoms with van der Waals surface area (Å²) in [6.45, 7) is 0. The maximum atomic E-state index is 13.0. The fraction of sp³-hybridized carbons (Fsp3) is 0.0417. The van der Waals surface area contributed by atoms with E-state index in [-0.39, 0.29) is 5.82 Å². The second kappa shape index (κ2) is 8.53. The molecule has 0 aromatic heterocycles. The molecule has 4 aromatic rings. The van der Waals surface area contributed by atoms with Crippen LogP contribution >= 0.6 is 0 Å². The first-order valence-electron chi connectivity index (χ1n) is 9.29. The van der Waals surface area contributed by atoms with Crippen molar-refractivity contribution in [3.63, 3.8) is 0 Å². The smallest absolute Gasteiger partial charge is 0.323 e. The third-order valence-corrected chi connectivity index (χ3v) is 4.48. The number of rotatable bonds is 5. The van der Waals surface area contributed by atoms with Crippen molar-refractivity contribution < 1.29 is 18.7 Å². The van der Waals surface area contributed by atoms with Crippen LogP contribution in [0.1, 0.15) is 0 Å². The summed E-state index contributed by atoms with van der Waals surface area (Å²) < 4.78 is 24.2. The quantitative estimate of drug-likeness (QED) is 0.405. The lowest BCUT2D eigenvalue weighted by atomic mass is 10.1. The monoisotopic (exact) mass is 402 g/mol. The molecule has 0 saturated carbocycles. The number of methoxy groups -OCH3 is 1. The standard InChI is InChI=1S/C24H19FN2O3/c1-29-19-5-3-6-20(14-19)30-21-13-8-16-4-2-7-23(22(16)15-21)27-24(28)26-18-11-9-17(25)10-12-18/h2-15H,1H3,(H2,26,27,28). The number of halogens is 1. The van der Waals surface area contributed by atoms with Crippen LogP contribution in [0, 0.1) is 5.82 Å². The van der Waals surface area contributed by atoms with Gasteiger partial charge in [-0.05, 0) is 60.0 Å². The third kappa shape index (κ3) is 4.50. The van der Waals surface area contributed by atoms with Gasteiger partial charge in [0.25, 0.3) is 0 Å². The zero-order valence-electron chi connectivity index (χ0n) is 16.2. The highest BCUT2D eigenvalue weighted by molar-refractivity contribution is 6.06. The maximum Gasteiger partial charge on any atom is 0.323 e. The Hall–Kier alpha value is -4.06. The lowest BCUT2D eigenvalue weighted by Gasteiger charge is -2.12. The molecule has 2 amide bonds. The Labute approximate surface area is 173 Å². The second-order valence-corrected chi connectivity index (χ2v) is 6.56. The largest absolute Gasteiger partial charge is 0.497 e. The summed E-state index contributed by atoms with van der Waals surface area (Å²) >= 11 is 0. The molecular weight excluding hydrogens is 383 g/mol. The van der Waals surface area contributed by atoms with Crippen LogP contribution in [0.15, 0.2) is 84.9 Å². The van der Waals surface area contributed by atoms with Gasteiger partial charge in [0.1, 0.15) is 23.1 Å². The molecule has 4 aromatic carbocycles. The molecule has 0 saturated heterocycles. The molecule has 30 heavy (non-hydrogen) atoms. The average molecular weight is 402 g/mol. The summed E-state index contributed by atoms with van der Waals surface area (Å²) in [5.74, 6) is 1.61. The molecule has 6 heteroatoms. The van der Waals surface area contributed by atoms with Gasteiger partial charge < -0.3 is 20.1 Å². The zero-order valence-corrected chi connectivity index (χ0v) is 16.2. The van der Waals surface area contributed by atoms with Crippen LogP contribution in [0.4, 0.5) is 20.6 Å². The van der Waals surface area contributed by atoms with E-state index in [2.05, 4.69) is 10.6 Å². The predicted octanol–water partition coefficient (Wildman–Crippen LogP) is 6.42. The molecule has 5 nitrogen and oxygen atoms in total.